The molecule has 0 spiro atoms. The molecule has 0 aliphatic rings. The number of nitrogens with two attached hydrogens (primary N) is 1. The summed E-state index contributed by atoms with van der Waals surface area (Å²) in [5, 5.41) is 9.29. The first-order valence-corrected chi connectivity index (χ1v) is 7.08. The van der Waals surface area contributed by atoms with Crippen molar-refractivity contribution in [2.45, 2.75) is 25.9 Å². The first-order chi connectivity index (χ1) is 10.0. The van der Waals surface area contributed by atoms with E-state index in [9.17, 15) is 5.26 Å². The molecule has 0 radical (unpaired) electrons. The molecule has 2 aromatic rings. The maximum Gasteiger partial charge on any atom is 0.101 e. The van der Waals surface area contributed by atoms with E-state index in [0.29, 0.717) is 5.56 Å². The zero-order valence-electron chi connectivity index (χ0n) is 12.7. The molecule has 0 bridgehead atoms. The van der Waals surface area contributed by atoms with E-state index in [0.717, 1.165) is 5.69 Å². The Morgan fingerprint density at radius 3 is 2.48 bits per heavy atom. The van der Waals surface area contributed by atoms with E-state index in [1.807, 2.05) is 44.3 Å². The third-order valence-electron chi connectivity index (χ3n) is 3.70. The van der Waals surface area contributed by atoms with Crippen LogP contribution in [0.5, 0.6) is 0 Å². The van der Waals surface area contributed by atoms with Crippen molar-refractivity contribution in [3.05, 3.63) is 65.2 Å². The molecule has 0 saturated carbocycles. The van der Waals surface area contributed by atoms with Gasteiger partial charge in [0.1, 0.15) is 6.07 Å². The van der Waals surface area contributed by atoms with E-state index in [1.54, 1.807) is 0 Å². The molecule has 3 nitrogen and oxygen atoms in total. The second-order valence-corrected chi connectivity index (χ2v) is 5.46. The number of para-hydroxylation sites is 1. The number of rotatable bonds is 4. The standard InChI is InChI=1S/C18H21N3/c1-13-7-6-9-15(11-13)18(14(2)20)21(3)17-10-5-4-8-16(17)12-19/h4-11,14,18H,20H2,1-3H3. The van der Waals surface area contributed by atoms with Crippen LogP contribution in [0.15, 0.2) is 48.5 Å². The highest BCUT2D eigenvalue weighted by Gasteiger charge is 2.23. The fourth-order valence-corrected chi connectivity index (χ4v) is 2.76. The predicted molar refractivity (Wildman–Crippen MR) is 87.1 cm³/mol. The van der Waals surface area contributed by atoms with Crippen LogP contribution >= 0.6 is 0 Å². The van der Waals surface area contributed by atoms with Crippen LogP contribution in [0.3, 0.4) is 0 Å². The summed E-state index contributed by atoms with van der Waals surface area (Å²) in [7, 11) is 1.99. The second kappa shape index (κ2) is 6.43. The SMILES string of the molecule is Cc1cccc(C(C(C)N)N(C)c2ccccc2C#N)c1. The van der Waals surface area contributed by atoms with Gasteiger partial charge in [0.15, 0.2) is 0 Å². The number of hydrogen-bond acceptors (Lipinski definition) is 3. The highest BCUT2D eigenvalue weighted by Crippen LogP contribution is 2.30. The number of nitrogens with zero attached hydrogens (tertiary/aromatic N) is 2. The summed E-state index contributed by atoms with van der Waals surface area (Å²) < 4.78 is 0. The fourth-order valence-electron chi connectivity index (χ4n) is 2.76. The van der Waals surface area contributed by atoms with Gasteiger partial charge in [-0.05, 0) is 31.5 Å². The maximum absolute atomic E-state index is 9.29. The summed E-state index contributed by atoms with van der Waals surface area (Å²) in [5.74, 6) is 0. The van der Waals surface area contributed by atoms with Gasteiger partial charge in [-0.1, -0.05) is 42.0 Å². The van der Waals surface area contributed by atoms with Crippen LogP contribution in [0.25, 0.3) is 0 Å². The number of anilines is 1. The molecule has 2 unspecified atom stereocenters. The van der Waals surface area contributed by atoms with Crippen LogP contribution in [-0.4, -0.2) is 13.1 Å². The van der Waals surface area contributed by atoms with Gasteiger partial charge < -0.3 is 10.6 Å². The third-order valence-corrected chi connectivity index (χ3v) is 3.70. The largest absolute Gasteiger partial charge is 0.365 e. The van der Waals surface area contributed by atoms with Gasteiger partial charge in [-0.15, -0.1) is 0 Å². The van der Waals surface area contributed by atoms with Crippen LogP contribution in [0, 0.1) is 18.3 Å². The molecule has 3 heteroatoms. The summed E-state index contributed by atoms with van der Waals surface area (Å²) in [6.07, 6.45) is 0. The molecule has 0 aliphatic heterocycles. The first kappa shape index (κ1) is 15.1. The lowest BCUT2D eigenvalue weighted by Gasteiger charge is -2.34. The number of nitriles is 1. The average molecular weight is 279 g/mol. The molecule has 0 saturated heterocycles. The molecule has 2 N–H and O–H groups in total. The van der Waals surface area contributed by atoms with Crippen molar-refractivity contribution in [3.63, 3.8) is 0 Å². The Labute approximate surface area is 126 Å². The average Bonchev–Trinajstić information content (AvgIpc) is 2.47. The minimum atomic E-state index is -0.0523. The smallest absolute Gasteiger partial charge is 0.101 e. The van der Waals surface area contributed by atoms with E-state index in [1.165, 1.54) is 11.1 Å². The monoisotopic (exact) mass is 279 g/mol. The Morgan fingerprint density at radius 2 is 1.86 bits per heavy atom. The van der Waals surface area contributed by atoms with E-state index in [4.69, 9.17) is 5.73 Å². The molecule has 0 heterocycles. The molecule has 0 fully saturated rings. The molecule has 0 aromatic heterocycles. The van der Waals surface area contributed by atoms with E-state index in [2.05, 4.69) is 36.1 Å². The van der Waals surface area contributed by atoms with Gasteiger partial charge in [0.25, 0.3) is 0 Å². The minimum absolute atomic E-state index is 0.0272. The van der Waals surface area contributed by atoms with Crippen molar-refractivity contribution in [1.82, 2.24) is 0 Å². The molecule has 0 amide bonds. The molecule has 108 valence electrons. The van der Waals surface area contributed by atoms with E-state index in [-0.39, 0.29) is 12.1 Å². The lowest BCUT2D eigenvalue weighted by atomic mass is 9.97. The van der Waals surface area contributed by atoms with Crippen LogP contribution in [0.1, 0.15) is 29.7 Å². The van der Waals surface area contributed by atoms with Gasteiger partial charge in [0, 0.05) is 13.1 Å². The Bertz CT molecular complexity index is 656. The number of aryl methyl sites for hydroxylation is 1. The van der Waals surface area contributed by atoms with Gasteiger partial charge in [0.05, 0.1) is 17.3 Å². The van der Waals surface area contributed by atoms with Crippen molar-refractivity contribution in [2.75, 3.05) is 11.9 Å². The zero-order valence-corrected chi connectivity index (χ0v) is 12.7. The first-order valence-electron chi connectivity index (χ1n) is 7.08. The normalized spacial score (nSPS) is 13.3. The van der Waals surface area contributed by atoms with Crippen molar-refractivity contribution >= 4 is 5.69 Å². The molecule has 2 atom stereocenters. The Kier molecular flexibility index (Phi) is 4.62. The highest BCUT2D eigenvalue weighted by atomic mass is 15.2. The summed E-state index contributed by atoms with van der Waals surface area (Å²) >= 11 is 0. The molecule has 2 rings (SSSR count). The number of hydrogen-bond donors (Lipinski definition) is 1. The summed E-state index contributed by atoms with van der Waals surface area (Å²) in [6.45, 7) is 4.07. The second-order valence-electron chi connectivity index (χ2n) is 5.46. The van der Waals surface area contributed by atoms with E-state index < -0.39 is 0 Å². The topological polar surface area (TPSA) is 53.0 Å². The maximum atomic E-state index is 9.29. The predicted octanol–water partition coefficient (Wildman–Crippen LogP) is 3.39. The molecular weight excluding hydrogens is 258 g/mol. The van der Waals surface area contributed by atoms with E-state index >= 15 is 0 Å². The quantitative estimate of drug-likeness (QED) is 0.933. The lowest BCUT2D eigenvalue weighted by Crippen LogP contribution is -2.37. The van der Waals surface area contributed by atoms with Crippen LogP contribution in [0.4, 0.5) is 5.69 Å². The van der Waals surface area contributed by atoms with Crippen molar-refractivity contribution in [3.8, 4) is 6.07 Å². The van der Waals surface area contributed by atoms with Gasteiger partial charge in [-0.25, -0.2) is 0 Å². The Morgan fingerprint density at radius 1 is 1.14 bits per heavy atom. The lowest BCUT2D eigenvalue weighted by molar-refractivity contribution is 0.558. The van der Waals surface area contributed by atoms with Crippen molar-refractivity contribution in [1.29, 1.82) is 5.26 Å². The Hall–Kier alpha value is -2.31. The van der Waals surface area contributed by atoms with Crippen molar-refractivity contribution < 1.29 is 0 Å². The summed E-state index contributed by atoms with van der Waals surface area (Å²) in [6, 6.07) is 18.2. The minimum Gasteiger partial charge on any atom is -0.365 e. The van der Waals surface area contributed by atoms with Gasteiger partial charge in [-0.3, -0.25) is 0 Å². The molecule has 2 aromatic carbocycles. The van der Waals surface area contributed by atoms with Crippen LogP contribution in [-0.2, 0) is 0 Å². The third kappa shape index (κ3) is 3.24. The Balaban J connectivity index is 2.46. The fraction of sp³-hybridized carbons (Fsp3) is 0.278. The molecular formula is C18H21N3. The summed E-state index contributed by atoms with van der Waals surface area (Å²) in [5.41, 5.74) is 10.2. The number of benzene rings is 2. The highest BCUT2D eigenvalue weighted by molar-refractivity contribution is 5.60. The van der Waals surface area contributed by atoms with Crippen LogP contribution in [0.2, 0.25) is 0 Å². The molecule has 21 heavy (non-hydrogen) atoms. The van der Waals surface area contributed by atoms with Gasteiger partial charge >= 0.3 is 0 Å². The van der Waals surface area contributed by atoms with Crippen LogP contribution < -0.4 is 10.6 Å². The number of likely N-dealkylation sites (N-methyl/N-ethyl adjacent to an activating group) is 1. The summed E-state index contributed by atoms with van der Waals surface area (Å²) in [4.78, 5) is 2.10. The molecule has 0 aliphatic carbocycles. The van der Waals surface area contributed by atoms with Gasteiger partial charge in [0.2, 0.25) is 0 Å². The zero-order chi connectivity index (χ0) is 15.4. The van der Waals surface area contributed by atoms with Crippen molar-refractivity contribution in [2.24, 2.45) is 5.73 Å². The van der Waals surface area contributed by atoms with Gasteiger partial charge in [-0.2, -0.15) is 5.26 Å².